The molecule has 1 aliphatic rings. The van der Waals surface area contributed by atoms with Crippen molar-refractivity contribution in [2.45, 2.75) is 42.2 Å². The SMILES string of the molecule is O=C(CN(c1cccc(Cl)c1)S(=O)(=O)c1ccccc1)NCCSC1CCCCC1. The summed E-state index contributed by atoms with van der Waals surface area (Å²) in [6, 6.07) is 14.6. The average molecular weight is 467 g/mol. The van der Waals surface area contributed by atoms with Gasteiger partial charge in [0, 0.05) is 22.6 Å². The van der Waals surface area contributed by atoms with E-state index >= 15 is 0 Å². The minimum Gasteiger partial charge on any atom is -0.354 e. The summed E-state index contributed by atoms with van der Waals surface area (Å²) in [5.74, 6) is 0.498. The van der Waals surface area contributed by atoms with Crippen LogP contribution in [0.4, 0.5) is 5.69 Å². The predicted octanol–water partition coefficient (Wildman–Crippen LogP) is 4.72. The van der Waals surface area contributed by atoms with Crippen LogP contribution < -0.4 is 9.62 Å². The summed E-state index contributed by atoms with van der Waals surface area (Å²) in [5, 5.41) is 3.95. The molecule has 0 radical (unpaired) electrons. The number of benzene rings is 2. The van der Waals surface area contributed by atoms with Crippen LogP contribution in [0, 0.1) is 0 Å². The smallest absolute Gasteiger partial charge is 0.264 e. The van der Waals surface area contributed by atoms with E-state index in [1.54, 1.807) is 42.5 Å². The van der Waals surface area contributed by atoms with Gasteiger partial charge in [-0.05, 0) is 43.2 Å². The number of nitrogens with one attached hydrogen (secondary N) is 1. The van der Waals surface area contributed by atoms with Crippen molar-refractivity contribution < 1.29 is 13.2 Å². The summed E-state index contributed by atoms with van der Waals surface area (Å²) in [4.78, 5) is 12.7. The number of sulfonamides is 1. The molecule has 8 heteroatoms. The first kappa shape index (κ1) is 23.0. The van der Waals surface area contributed by atoms with Crippen molar-refractivity contribution in [1.29, 1.82) is 0 Å². The Kier molecular flexibility index (Phi) is 8.48. The molecule has 3 rings (SSSR count). The summed E-state index contributed by atoms with van der Waals surface area (Å²) in [6.07, 6.45) is 6.39. The number of anilines is 1. The van der Waals surface area contributed by atoms with Crippen LogP contribution in [0.1, 0.15) is 32.1 Å². The number of nitrogens with zero attached hydrogens (tertiary/aromatic N) is 1. The number of rotatable bonds is 9. The summed E-state index contributed by atoms with van der Waals surface area (Å²) in [5.41, 5.74) is 0.359. The summed E-state index contributed by atoms with van der Waals surface area (Å²) >= 11 is 7.97. The Balaban J connectivity index is 1.66. The molecule has 0 atom stereocenters. The van der Waals surface area contributed by atoms with E-state index in [4.69, 9.17) is 11.6 Å². The largest absolute Gasteiger partial charge is 0.354 e. The summed E-state index contributed by atoms with van der Waals surface area (Å²) in [6.45, 7) is 0.223. The van der Waals surface area contributed by atoms with Crippen LogP contribution in [0.25, 0.3) is 0 Å². The maximum absolute atomic E-state index is 13.2. The van der Waals surface area contributed by atoms with Crippen LogP contribution in [0.15, 0.2) is 59.5 Å². The van der Waals surface area contributed by atoms with E-state index < -0.39 is 10.0 Å². The molecule has 0 aromatic heterocycles. The highest BCUT2D eigenvalue weighted by molar-refractivity contribution is 7.99. The number of halogens is 1. The molecule has 2 aromatic rings. The van der Waals surface area contributed by atoms with Gasteiger partial charge in [-0.1, -0.05) is 55.1 Å². The van der Waals surface area contributed by atoms with Gasteiger partial charge in [0.1, 0.15) is 6.54 Å². The second-order valence-electron chi connectivity index (χ2n) is 7.29. The lowest BCUT2D eigenvalue weighted by molar-refractivity contribution is -0.119. The van der Waals surface area contributed by atoms with Gasteiger partial charge >= 0.3 is 0 Å². The summed E-state index contributed by atoms with van der Waals surface area (Å²) in [7, 11) is -3.91. The van der Waals surface area contributed by atoms with Crippen molar-refractivity contribution in [2.24, 2.45) is 0 Å². The number of thioether (sulfide) groups is 1. The van der Waals surface area contributed by atoms with Gasteiger partial charge in [0.2, 0.25) is 5.91 Å². The van der Waals surface area contributed by atoms with E-state index in [1.807, 2.05) is 11.8 Å². The molecule has 5 nitrogen and oxygen atoms in total. The van der Waals surface area contributed by atoms with Gasteiger partial charge in [-0.2, -0.15) is 11.8 Å². The predicted molar refractivity (Wildman–Crippen MR) is 125 cm³/mol. The Morgan fingerprint density at radius 1 is 1.07 bits per heavy atom. The second kappa shape index (κ2) is 11.1. The van der Waals surface area contributed by atoms with E-state index in [-0.39, 0.29) is 17.3 Å². The van der Waals surface area contributed by atoms with Crippen molar-refractivity contribution in [3.63, 3.8) is 0 Å². The molecule has 1 aliphatic carbocycles. The van der Waals surface area contributed by atoms with E-state index in [0.29, 0.717) is 22.5 Å². The van der Waals surface area contributed by atoms with Crippen LogP contribution >= 0.6 is 23.4 Å². The normalized spacial score (nSPS) is 15.0. The zero-order valence-corrected chi connectivity index (χ0v) is 19.2. The highest BCUT2D eigenvalue weighted by Gasteiger charge is 2.27. The van der Waals surface area contributed by atoms with Gasteiger partial charge in [0.05, 0.1) is 10.6 Å². The highest BCUT2D eigenvalue weighted by Crippen LogP contribution is 2.28. The molecule has 1 amide bonds. The number of hydrogen-bond acceptors (Lipinski definition) is 4. The van der Waals surface area contributed by atoms with E-state index in [1.165, 1.54) is 44.2 Å². The maximum Gasteiger partial charge on any atom is 0.264 e. The molecule has 0 heterocycles. The molecule has 0 aliphatic heterocycles. The molecule has 30 heavy (non-hydrogen) atoms. The molecular weight excluding hydrogens is 440 g/mol. The first-order chi connectivity index (χ1) is 14.5. The molecule has 1 saturated carbocycles. The molecule has 0 saturated heterocycles. The first-order valence-electron chi connectivity index (χ1n) is 10.2. The van der Waals surface area contributed by atoms with Crippen LogP contribution in [0.5, 0.6) is 0 Å². The molecule has 1 N–H and O–H groups in total. The third-order valence-corrected chi connectivity index (χ3v) is 8.45. The molecule has 0 spiro atoms. The van der Waals surface area contributed by atoms with Crippen LogP contribution in [-0.2, 0) is 14.8 Å². The Bertz CT molecular complexity index is 932. The van der Waals surface area contributed by atoms with Gasteiger partial charge in [-0.15, -0.1) is 0 Å². The zero-order chi connectivity index (χ0) is 21.4. The number of hydrogen-bond donors (Lipinski definition) is 1. The Hall–Kier alpha value is -1.70. The van der Waals surface area contributed by atoms with Crippen LogP contribution in [0.3, 0.4) is 0 Å². The fourth-order valence-corrected chi connectivity index (χ4v) is 6.34. The fourth-order valence-electron chi connectivity index (χ4n) is 3.50. The van der Waals surface area contributed by atoms with Gasteiger partial charge in [-0.25, -0.2) is 8.42 Å². The van der Waals surface area contributed by atoms with Gasteiger partial charge < -0.3 is 5.32 Å². The Morgan fingerprint density at radius 2 is 1.80 bits per heavy atom. The topological polar surface area (TPSA) is 66.5 Å². The second-order valence-corrected chi connectivity index (χ2v) is 11.0. The minimum absolute atomic E-state index is 0.130. The monoisotopic (exact) mass is 466 g/mol. The van der Waals surface area contributed by atoms with Crippen molar-refractivity contribution in [3.8, 4) is 0 Å². The number of carbonyl (C=O) groups excluding carboxylic acids is 1. The van der Waals surface area contributed by atoms with Crippen molar-refractivity contribution in [3.05, 3.63) is 59.6 Å². The Labute approximate surface area is 188 Å². The third kappa shape index (κ3) is 6.40. The first-order valence-corrected chi connectivity index (χ1v) is 13.0. The van der Waals surface area contributed by atoms with E-state index in [9.17, 15) is 13.2 Å². The average Bonchev–Trinajstić information content (AvgIpc) is 2.76. The van der Waals surface area contributed by atoms with E-state index in [0.717, 1.165) is 10.1 Å². The highest BCUT2D eigenvalue weighted by atomic mass is 35.5. The third-order valence-electron chi connectivity index (χ3n) is 5.04. The maximum atomic E-state index is 13.2. The Morgan fingerprint density at radius 3 is 2.50 bits per heavy atom. The minimum atomic E-state index is -3.91. The lowest BCUT2D eigenvalue weighted by Gasteiger charge is -2.24. The van der Waals surface area contributed by atoms with Crippen LogP contribution in [0.2, 0.25) is 5.02 Å². The standard InChI is InChI=1S/C22H27ClN2O3S2/c23-18-8-7-9-19(16-18)25(30(27,28)21-12-5-2-6-13-21)17-22(26)24-14-15-29-20-10-3-1-4-11-20/h2,5-9,12-13,16,20H,1,3-4,10-11,14-15,17H2,(H,24,26). The molecule has 2 aromatic carbocycles. The summed E-state index contributed by atoms with van der Waals surface area (Å²) < 4.78 is 27.5. The molecule has 0 bridgehead atoms. The van der Waals surface area contributed by atoms with Gasteiger partial charge in [0.25, 0.3) is 10.0 Å². The molecule has 0 unspecified atom stereocenters. The van der Waals surface area contributed by atoms with Gasteiger partial charge in [0.15, 0.2) is 0 Å². The van der Waals surface area contributed by atoms with Crippen molar-refractivity contribution >= 4 is 45.0 Å². The molecule has 1 fully saturated rings. The molecular formula is C22H27ClN2O3S2. The van der Waals surface area contributed by atoms with Crippen molar-refractivity contribution in [1.82, 2.24) is 5.32 Å². The lowest BCUT2D eigenvalue weighted by atomic mass is 10.0. The number of carbonyl (C=O) groups is 1. The zero-order valence-electron chi connectivity index (χ0n) is 16.8. The van der Waals surface area contributed by atoms with E-state index in [2.05, 4.69) is 5.32 Å². The lowest BCUT2D eigenvalue weighted by Crippen LogP contribution is -2.41. The quantitative estimate of drug-likeness (QED) is 0.543. The number of amides is 1. The van der Waals surface area contributed by atoms with Crippen LogP contribution in [-0.4, -0.2) is 38.4 Å². The van der Waals surface area contributed by atoms with Gasteiger partial charge in [-0.3, -0.25) is 9.10 Å². The fraction of sp³-hybridized carbons (Fsp3) is 0.409. The molecule has 162 valence electrons. The van der Waals surface area contributed by atoms with Crippen molar-refractivity contribution in [2.75, 3.05) is 23.1 Å².